The Morgan fingerprint density at radius 1 is 0.968 bits per heavy atom. The largest absolute Gasteiger partial charge is 0.420 e. The van der Waals surface area contributed by atoms with Crippen LogP contribution in [0.15, 0.2) is 82.0 Å². The van der Waals surface area contributed by atoms with Crippen LogP contribution in [0.3, 0.4) is 0 Å². The third kappa shape index (κ3) is 4.84. The highest BCUT2D eigenvalue weighted by Gasteiger charge is 2.15. The fourth-order valence-corrected chi connectivity index (χ4v) is 3.34. The van der Waals surface area contributed by atoms with Gasteiger partial charge in [0.2, 0.25) is 5.91 Å². The van der Waals surface area contributed by atoms with E-state index in [9.17, 15) is 14.4 Å². The van der Waals surface area contributed by atoms with Crippen LogP contribution in [0.2, 0.25) is 5.02 Å². The number of amides is 2. The average Bonchev–Trinajstić information content (AvgIpc) is 3.07. The third-order valence-corrected chi connectivity index (χ3v) is 4.88. The lowest BCUT2D eigenvalue weighted by atomic mass is 10.2. The van der Waals surface area contributed by atoms with E-state index in [0.717, 1.165) is 5.56 Å². The molecule has 3 aromatic carbocycles. The van der Waals surface area contributed by atoms with Gasteiger partial charge in [0.1, 0.15) is 6.54 Å². The lowest BCUT2D eigenvalue weighted by molar-refractivity contribution is -0.121. The molecular weight excluding hydrogens is 418 g/mol. The summed E-state index contributed by atoms with van der Waals surface area (Å²) >= 11 is 5.95. The smallest absolute Gasteiger partial charge is 0.408 e. The van der Waals surface area contributed by atoms with Crippen LogP contribution in [0, 0.1) is 0 Å². The molecule has 0 spiro atoms. The number of fused-ring (bicyclic) bond motifs is 1. The maximum atomic E-state index is 12.6. The normalized spacial score (nSPS) is 10.7. The predicted octanol–water partition coefficient (Wildman–Crippen LogP) is 3.82. The zero-order valence-corrected chi connectivity index (χ0v) is 17.1. The van der Waals surface area contributed by atoms with Crippen molar-refractivity contribution in [3.05, 3.63) is 99.5 Å². The fourth-order valence-electron chi connectivity index (χ4n) is 3.12. The van der Waals surface area contributed by atoms with E-state index in [-0.39, 0.29) is 24.9 Å². The van der Waals surface area contributed by atoms with E-state index in [2.05, 4.69) is 10.6 Å². The van der Waals surface area contributed by atoms with Gasteiger partial charge in [-0.25, -0.2) is 4.79 Å². The summed E-state index contributed by atoms with van der Waals surface area (Å²) in [4.78, 5) is 37.2. The number of rotatable bonds is 6. The van der Waals surface area contributed by atoms with Crippen LogP contribution in [-0.4, -0.2) is 16.4 Å². The highest BCUT2D eigenvalue weighted by Crippen LogP contribution is 2.17. The molecule has 0 radical (unpaired) electrons. The molecule has 0 aliphatic heterocycles. The number of hydrogen-bond donors (Lipinski definition) is 2. The van der Waals surface area contributed by atoms with E-state index in [4.69, 9.17) is 16.0 Å². The second-order valence-electron chi connectivity index (χ2n) is 6.86. The van der Waals surface area contributed by atoms with Crippen molar-refractivity contribution in [2.45, 2.75) is 13.1 Å². The van der Waals surface area contributed by atoms with E-state index in [0.29, 0.717) is 27.4 Å². The van der Waals surface area contributed by atoms with Gasteiger partial charge in [-0.1, -0.05) is 41.9 Å². The highest BCUT2D eigenvalue weighted by atomic mass is 35.5. The Kier molecular flexibility index (Phi) is 5.86. The van der Waals surface area contributed by atoms with Gasteiger partial charge in [0, 0.05) is 22.8 Å². The van der Waals surface area contributed by atoms with Crippen molar-refractivity contribution in [1.29, 1.82) is 0 Å². The number of benzene rings is 3. The van der Waals surface area contributed by atoms with Gasteiger partial charge in [-0.15, -0.1) is 0 Å². The molecule has 0 atom stereocenters. The molecule has 0 aliphatic carbocycles. The molecule has 0 aliphatic rings. The lowest BCUT2D eigenvalue weighted by Gasteiger charge is -2.07. The quantitative estimate of drug-likeness (QED) is 0.481. The first-order valence-corrected chi connectivity index (χ1v) is 9.88. The summed E-state index contributed by atoms with van der Waals surface area (Å²) in [6.07, 6.45) is 0. The van der Waals surface area contributed by atoms with Crippen molar-refractivity contribution in [2.75, 3.05) is 5.32 Å². The Labute approximate surface area is 182 Å². The molecule has 2 amide bonds. The van der Waals surface area contributed by atoms with Crippen LogP contribution in [-0.2, 0) is 17.9 Å². The molecule has 2 N–H and O–H groups in total. The molecule has 4 aromatic rings. The molecule has 0 saturated heterocycles. The van der Waals surface area contributed by atoms with Gasteiger partial charge >= 0.3 is 5.76 Å². The standard InChI is InChI=1S/C23H18ClN3O4/c24-17-6-4-5-15(11-17)13-25-21(28)14-27-19-12-16(9-10-20(19)31-23(27)30)22(29)26-18-7-2-1-3-8-18/h1-12H,13-14H2,(H,25,28)(H,26,29). The number of aromatic nitrogens is 1. The average molecular weight is 436 g/mol. The third-order valence-electron chi connectivity index (χ3n) is 4.64. The number of carbonyl (C=O) groups is 2. The summed E-state index contributed by atoms with van der Waals surface area (Å²) in [5.41, 5.74) is 2.49. The molecule has 7 nitrogen and oxygen atoms in total. The fraction of sp³-hybridized carbons (Fsp3) is 0.0870. The van der Waals surface area contributed by atoms with E-state index in [1.807, 2.05) is 24.3 Å². The number of para-hydroxylation sites is 1. The topological polar surface area (TPSA) is 93.3 Å². The maximum Gasteiger partial charge on any atom is 0.420 e. The minimum atomic E-state index is -0.673. The first-order chi connectivity index (χ1) is 15.0. The number of carbonyl (C=O) groups excluding carboxylic acids is 2. The zero-order chi connectivity index (χ0) is 21.8. The van der Waals surface area contributed by atoms with Crippen LogP contribution >= 0.6 is 11.6 Å². The molecule has 4 rings (SSSR count). The van der Waals surface area contributed by atoms with Crippen molar-refractivity contribution < 1.29 is 14.0 Å². The van der Waals surface area contributed by atoms with Crippen LogP contribution in [0.4, 0.5) is 5.69 Å². The number of anilines is 1. The number of nitrogens with zero attached hydrogens (tertiary/aromatic N) is 1. The Hall–Kier alpha value is -3.84. The van der Waals surface area contributed by atoms with Gasteiger partial charge in [-0.2, -0.15) is 0 Å². The first-order valence-electron chi connectivity index (χ1n) is 9.50. The summed E-state index contributed by atoms with van der Waals surface area (Å²) < 4.78 is 6.41. The molecule has 156 valence electrons. The van der Waals surface area contributed by atoms with Crippen molar-refractivity contribution in [3.8, 4) is 0 Å². The molecule has 8 heteroatoms. The molecule has 1 heterocycles. The Bertz CT molecular complexity index is 1310. The minimum absolute atomic E-state index is 0.240. The van der Waals surface area contributed by atoms with Crippen molar-refractivity contribution in [2.24, 2.45) is 0 Å². The Balaban J connectivity index is 1.51. The van der Waals surface area contributed by atoms with Gasteiger partial charge < -0.3 is 15.1 Å². The lowest BCUT2D eigenvalue weighted by Crippen LogP contribution is -2.30. The predicted molar refractivity (Wildman–Crippen MR) is 118 cm³/mol. The maximum absolute atomic E-state index is 12.6. The molecule has 0 bridgehead atoms. The van der Waals surface area contributed by atoms with Crippen LogP contribution in [0.25, 0.3) is 11.1 Å². The van der Waals surface area contributed by atoms with Crippen LogP contribution < -0.4 is 16.4 Å². The van der Waals surface area contributed by atoms with Gasteiger partial charge in [-0.05, 0) is 48.0 Å². The molecule has 0 unspecified atom stereocenters. The van der Waals surface area contributed by atoms with E-state index in [1.165, 1.54) is 16.7 Å². The molecule has 0 saturated carbocycles. The molecule has 1 aromatic heterocycles. The summed E-state index contributed by atoms with van der Waals surface area (Å²) in [6, 6.07) is 20.8. The van der Waals surface area contributed by atoms with Crippen molar-refractivity contribution in [1.82, 2.24) is 9.88 Å². The monoisotopic (exact) mass is 435 g/mol. The summed E-state index contributed by atoms with van der Waals surface area (Å²) in [5, 5.41) is 6.11. The Morgan fingerprint density at radius 2 is 1.77 bits per heavy atom. The SMILES string of the molecule is O=C(Cn1c(=O)oc2ccc(C(=O)Nc3ccccc3)cc21)NCc1cccc(Cl)c1. The van der Waals surface area contributed by atoms with E-state index >= 15 is 0 Å². The van der Waals surface area contributed by atoms with Gasteiger partial charge in [0.05, 0.1) is 5.52 Å². The van der Waals surface area contributed by atoms with Gasteiger partial charge in [0.15, 0.2) is 5.58 Å². The van der Waals surface area contributed by atoms with Gasteiger partial charge in [-0.3, -0.25) is 14.2 Å². The molecular formula is C23H18ClN3O4. The minimum Gasteiger partial charge on any atom is -0.408 e. The van der Waals surface area contributed by atoms with E-state index in [1.54, 1.807) is 36.4 Å². The molecule has 31 heavy (non-hydrogen) atoms. The number of oxazole rings is 1. The number of halogens is 1. The second-order valence-corrected chi connectivity index (χ2v) is 7.30. The highest BCUT2D eigenvalue weighted by molar-refractivity contribution is 6.30. The second kappa shape index (κ2) is 8.89. The summed E-state index contributed by atoms with van der Waals surface area (Å²) in [7, 11) is 0. The van der Waals surface area contributed by atoms with E-state index < -0.39 is 5.76 Å². The van der Waals surface area contributed by atoms with Gasteiger partial charge in [0.25, 0.3) is 5.91 Å². The van der Waals surface area contributed by atoms with Crippen molar-refractivity contribution >= 4 is 40.2 Å². The van der Waals surface area contributed by atoms with Crippen molar-refractivity contribution in [3.63, 3.8) is 0 Å². The summed E-state index contributed by atoms with van der Waals surface area (Å²) in [5.74, 6) is -1.38. The number of nitrogens with one attached hydrogen (secondary N) is 2. The Morgan fingerprint density at radius 3 is 2.55 bits per heavy atom. The first kappa shape index (κ1) is 20.4. The zero-order valence-electron chi connectivity index (χ0n) is 16.3. The molecule has 0 fully saturated rings. The number of hydrogen-bond acceptors (Lipinski definition) is 4. The summed E-state index contributed by atoms with van der Waals surface area (Å²) in [6.45, 7) is 0.0326. The van der Waals surface area contributed by atoms with Crippen LogP contribution in [0.1, 0.15) is 15.9 Å². The van der Waals surface area contributed by atoms with Crippen LogP contribution in [0.5, 0.6) is 0 Å².